The minimum atomic E-state index is -4.56. The highest BCUT2D eigenvalue weighted by Gasteiger charge is 2.30. The van der Waals surface area contributed by atoms with E-state index in [2.05, 4.69) is 0 Å². The van der Waals surface area contributed by atoms with Crippen LogP contribution in [0.4, 0.5) is 8.78 Å². The first kappa shape index (κ1) is 16.1. The van der Waals surface area contributed by atoms with Crippen LogP contribution in [0.1, 0.15) is 22.3 Å². The zero-order valence-corrected chi connectivity index (χ0v) is 11.8. The number of hydrogen-bond donors (Lipinski definition) is 2. The van der Waals surface area contributed by atoms with Crippen LogP contribution < -0.4 is 5.14 Å². The lowest BCUT2D eigenvalue weighted by Gasteiger charge is -2.15. The Bertz CT molecular complexity index is 820. The fraction of sp³-hybridized carbons (Fsp3) is 0.0714. The van der Waals surface area contributed by atoms with E-state index in [1.165, 1.54) is 12.1 Å². The van der Waals surface area contributed by atoms with Gasteiger partial charge in [-0.15, -0.1) is 0 Å². The Labute approximate surface area is 125 Å². The first-order valence-electron chi connectivity index (χ1n) is 6.00. The minimum absolute atomic E-state index is 0.0663. The molecule has 0 amide bonds. The Kier molecular flexibility index (Phi) is 4.25. The topological polar surface area (TPSA) is 97.5 Å². The molecule has 0 fully saturated rings. The Morgan fingerprint density at radius 2 is 1.68 bits per heavy atom. The summed E-state index contributed by atoms with van der Waals surface area (Å²) in [5, 5.41) is 14.0. The van der Waals surface area contributed by atoms with E-state index in [-0.39, 0.29) is 5.56 Å². The predicted octanol–water partition coefficient (Wildman–Crippen LogP) is 2.64. The zero-order chi connectivity index (χ0) is 16.5. The summed E-state index contributed by atoms with van der Waals surface area (Å²) in [6.45, 7) is 0. The van der Waals surface area contributed by atoms with E-state index >= 15 is 0 Å². The molecule has 8 heteroatoms. The molecular formula is C14H11F2NO4S. The highest BCUT2D eigenvalue weighted by molar-refractivity contribution is 7.89. The van der Waals surface area contributed by atoms with Gasteiger partial charge in [-0.05, 0) is 11.6 Å². The smallest absolute Gasteiger partial charge is 0.336 e. The first-order valence-corrected chi connectivity index (χ1v) is 7.54. The fourth-order valence-corrected chi connectivity index (χ4v) is 3.15. The number of primary sulfonamides is 1. The van der Waals surface area contributed by atoms with Crippen molar-refractivity contribution in [3.05, 3.63) is 53.6 Å². The van der Waals surface area contributed by atoms with Gasteiger partial charge in [0.1, 0.15) is 0 Å². The molecule has 0 aliphatic carbocycles. The van der Waals surface area contributed by atoms with Crippen LogP contribution in [0.5, 0.6) is 0 Å². The summed E-state index contributed by atoms with van der Waals surface area (Å²) >= 11 is 0. The fourth-order valence-electron chi connectivity index (χ4n) is 2.15. The lowest BCUT2D eigenvalue weighted by molar-refractivity contribution is 0.0683. The average Bonchev–Trinajstić information content (AvgIpc) is 2.45. The van der Waals surface area contributed by atoms with Crippen molar-refractivity contribution in [2.75, 3.05) is 0 Å². The summed E-state index contributed by atoms with van der Waals surface area (Å²) in [7, 11) is -4.56. The molecule has 2 aromatic rings. The number of sulfonamides is 1. The number of carboxylic acid groups (broad SMARTS) is 1. The van der Waals surface area contributed by atoms with Crippen LogP contribution in [0.25, 0.3) is 11.1 Å². The normalized spacial score (nSPS) is 11.6. The second-order valence-corrected chi connectivity index (χ2v) is 5.92. The number of nitrogens with two attached hydrogens (primary N) is 1. The third-order valence-corrected chi connectivity index (χ3v) is 4.02. The molecule has 0 saturated carbocycles. The van der Waals surface area contributed by atoms with Crippen LogP contribution >= 0.6 is 0 Å². The van der Waals surface area contributed by atoms with Gasteiger partial charge in [0.05, 0.1) is 16.0 Å². The molecule has 3 N–H and O–H groups in total. The maximum atomic E-state index is 13.3. The van der Waals surface area contributed by atoms with Crippen molar-refractivity contribution in [3.63, 3.8) is 0 Å². The summed E-state index contributed by atoms with van der Waals surface area (Å²) in [4.78, 5) is 10.2. The van der Waals surface area contributed by atoms with E-state index in [4.69, 9.17) is 10.2 Å². The van der Waals surface area contributed by atoms with Gasteiger partial charge >= 0.3 is 5.97 Å². The minimum Gasteiger partial charge on any atom is -0.478 e. The predicted molar refractivity (Wildman–Crippen MR) is 75.2 cm³/mol. The molecule has 116 valence electrons. The average molecular weight is 327 g/mol. The van der Waals surface area contributed by atoms with E-state index in [9.17, 15) is 22.0 Å². The maximum Gasteiger partial charge on any atom is 0.336 e. The van der Waals surface area contributed by atoms with Gasteiger partial charge < -0.3 is 5.11 Å². The van der Waals surface area contributed by atoms with E-state index in [1.807, 2.05) is 0 Å². The second kappa shape index (κ2) is 5.82. The van der Waals surface area contributed by atoms with Crippen molar-refractivity contribution in [2.24, 2.45) is 5.14 Å². The van der Waals surface area contributed by atoms with Gasteiger partial charge in [-0.1, -0.05) is 36.4 Å². The lowest BCUT2D eigenvalue weighted by Crippen LogP contribution is -2.19. The molecule has 2 rings (SSSR count). The monoisotopic (exact) mass is 327 g/mol. The molecule has 0 atom stereocenters. The highest BCUT2D eigenvalue weighted by atomic mass is 32.2. The zero-order valence-electron chi connectivity index (χ0n) is 11.0. The molecule has 0 aromatic heterocycles. The molecule has 0 unspecified atom stereocenters. The van der Waals surface area contributed by atoms with Gasteiger partial charge in [0.15, 0.2) is 0 Å². The SMILES string of the molecule is NS(=O)(=O)c1c(-c2ccccc2)ccc(C(=O)O)c1C(F)F. The Morgan fingerprint density at radius 1 is 1.09 bits per heavy atom. The Balaban J connectivity index is 2.94. The van der Waals surface area contributed by atoms with Crippen LogP contribution in [-0.4, -0.2) is 19.5 Å². The number of carboxylic acids is 1. The maximum absolute atomic E-state index is 13.3. The third-order valence-electron chi connectivity index (χ3n) is 3.01. The molecule has 0 bridgehead atoms. The van der Waals surface area contributed by atoms with E-state index in [1.54, 1.807) is 18.2 Å². The van der Waals surface area contributed by atoms with Gasteiger partial charge in [0.2, 0.25) is 10.0 Å². The van der Waals surface area contributed by atoms with Gasteiger partial charge in [-0.3, -0.25) is 0 Å². The quantitative estimate of drug-likeness (QED) is 0.902. The van der Waals surface area contributed by atoms with Crippen molar-refractivity contribution < 1.29 is 27.1 Å². The number of rotatable bonds is 4. The molecule has 0 aliphatic rings. The van der Waals surface area contributed by atoms with Gasteiger partial charge in [0.25, 0.3) is 6.43 Å². The number of hydrogen-bond acceptors (Lipinski definition) is 3. The summed E-state index contributed by atoms with van der Waals surface area (Å²) in [6, 6.07) is 9.98. The summed E-state index contributed by atoms with van der Waals surface area (Å²) < 4.78 is 50.1. The third kappa shape index (κ3) is 2.97. The van der Waals surface area contributed by atoms with Gasteiger partial charge in [-0.2, -0.15) is 0 Å². The molecule has 0 heterocycles. The van der Waals surface area contributed by atoms with E-state index in [0.717, 1.165) is 12.1 Å². The molecular weight excluding hydrogens is 316 g/mol. The lowest BCUT2D eigenvalue weighted by atomic mass is 9.99. The molecule has 0 saturated heterocycles. The van der Waals surface area contributed by atoms with Crippen molar-refractivity contribution >= 4 is 16.0 Å². The second-order valence-electron chi connectivity index (χ2n) is 4.42. The Hall–Kier alpha value is -2.32. The molecule has 0 radical (unpaired) electrons. The highest BCUT2D eigenvalue weighted by Crippen LogP contribution is 2.36. The first-order chi connectivity index (χ1) is 10.2. The molecule has 0 aliphatic heterocycles. The van der Waals surface area contributed by atoms with Crippen LogP contribution in [0.2, 0.25) is 0 Å². The van der Waals surface area contributed by atoms with Crippen LogP contribution in [0.15, 0.2) is 47.4 Å². The standard InChI is InChI=1S/C14H11F2NO4S/c15-13(16)11-10(14(18)19)7-6-9(12(11)22(17,20)21)8-4-2-1-3-5-8/h1-7,13H,(H,18,19)(H2,17,20,21). The van der Waals surface area contributed by atoms with E-state index < -0.39 is 38.4 Å². The van der Waals surface area contributed by atoms with Gasteiger partial charge in [-0.25, -0.2) is 27.1 Å². The van der Waals surface area contributed by atoms with Crippen LogP contribution in [0.3, 0.4) is 0 Å². The van der Waals surface area contributed by atoms with E-state index in [0.29, 0.717) is 5.56 Å². The number of benzene rings is 2. The number of alkyl halides is 2. The number of aromatic carboxylic acids is 1. The summed E-state index contributed by atoms with van der Waals surface area (Å²) in [5.74, 6) is -1.65. The number of carbonyl (C=O) groups is 1. The van der Waals surface area contributed by atoms with Crippen molar-refractivity contribution in [3.8, 4) is 11.1 Å². The van der Waals surface area contributed by atoms with Crippen LogP contribution in [0, 0.1) is 0 Å². The largest absolute Gasteiger partial charge is 0.478 e. The summed E-state index contributed by atoms with van der Waals surface area (Å²) in [6.07, 6.45) is -3.30. The van der Waals surface area contributed by atoms with Crippen molar-refractivity contribution in [2.45, 2.75) is 11.3 Å². The Morgan fingerprint density at radius 3 is 2.14 bits per heavy atom. The molecule has 5 nitrogen and oxygen atoms in total. The van der Waals surface area contributed by atoms with Crippen LogP contribution in [-0.2, 0) is 10.0 Å². The molecule has 22 heavy (non-hydrogen) atoms. The van der Waals surface area contributed by atoms with Crippen molar-refractivity contribution in [1.82, 2.24) is 0 Å². The molecule has 0 spiro atoms. The van der Waals surface area contributed by atoms with Crippen molar-refractivity contribution in [1.29, 1.82) is 0 Å². The molecule has 2 aromatic carbocycles. The van der Waals surface area contributed by atoms with Gasteiger partial charge in [0, 0.05) is 5.56 Å². The summed E-state index contributed by atoms with van der Waals surface area (Å²) in [5.41, 5.74) is -1.62. The number of halogens is 2.